The monoisotopic (exact) mass is 326 g/mol. The number of nitrogens with one attached hydrogen (secondary N) is 1. The Bertz CT molecular complexity index is 727. The van der Waals surface area contributed by atoms with E-state index in [4.69, 9.17) is 0 Å². The smallest absolute Gasteiger partial charge is 0.285 e. The molecule has 0 aliphatic carbocycles. The topological polar surface area (TPSA) is 72.2 Å². The van der Waals surface area contributed by atoms with Crippen molar-refractivity contribution >= 4 is 11.6 Å². The Balaban J connectivity index is 2.32. The molecule has 5 nitrogen and oxygen atoms in total. The van der Waals surface area contributed by atoms with Crippen LogP contribution in [0.4, 0.5) is 5.69 Å². The molecule has 5 heteroatoms. The van der Waals surface area contributed by atoms with Gasteiger partial charge in [0.1, 0.15) is 5.56 Å². The van der Waals surface area contributed by atoms with Gasteiger partial charge in [0.25, 0.3) is 11.6 Å². The molecule has 1 amide bonds. The molecule has 0 spiro atoms. The number of para-hydroxylation sites is 1. The number of hydrogen-bond acceptors (Lipinski definition) is 3. The van der Waals surface area contributed by atoms with Crippen molar-refractivity contribution < 1.29 is 9.72 Å². The maximum absolute atomic E-state index is 12.7. The molecule has 2 aromatic carbocycles. The number of hydrogen-bond donors (Lipinski definition) is 1. The average molecular weight is 326 g/mol. The molecule has 1 atom stereocenters. The quantitative estimate of drug-likeness (QED) is 0.631. The van der Waals surface area contributed by atoms with Crippen LogP contribution in [0.25, 0.3) is 0 Å². The lowest BCUT2D eigenvalue weighted by Crippen LogP contribution is -2.30. The standard InChI is InChI=1S/C19H22N2O3/c1-13(2)12-17(15-9-5-4-6-10-15)20-19(22)16-11-7-8-14(3)18(16)21(23)24/h4-11,13,17H,12H2,1-3H3,(H,20,22)/t17-/m0/s1. The van der Waals surface area contributed by atoms with E-state index in [2.05, 4.69) is 19.2 Å². The maximum atomic E-state index is 12.7. The van der Waals surface area contributed by atoms with Gasteiger partial charge in [-0.25, -0.2) is 0 Å². The molecule has 24 heavy (non-hydrogen) atoms. The summed E-state index contributed by atoms with van der Waals surface area (Å²) >= 11 is 0. The Morgan fingerprint density at radius 2 is 1.79 bits per heavy atom. The van der Waals surface area contributed by atoms with Gasteiger partial charge in [0.05, 0.1) is 11.0 Å². The third-order valence-electron chi connectivity index (χ3n) is 3.88. The molecule has 0 aromatic heterocycles. The second-order valence-corrected chi connectivity index (χ2v) is 6.29. The van der Waals surface area contributed by atoms with Gasteiger partial charge in [-0.1, -0.05) is 56.3 Å². The Morgan fingerprint density at radius 1 is 1.12 bits per heavy atom. The third-order valence-corrected chi connectivity index (χ3v) is 3.88. The lowest BCUT2D eigenvalue weighted by molar-refractivity contribution is -0.385. The van der Waals surface area contributed by atoms with Crippen LogP contribution in [0.15, 0.2) is 48.5 Å². The number of carbonyl (C=O) groups is 1. The van der Waals surface area contributed by atoms with Crippen molar-refractivity contribution in [3.63, 3.8) is 0 Å². The minimum absolute atomic E-state index is 0.102. The molecule has 0 saturated heterocycles. The third kappa shape index (κ3) is 4.19. The predicted octanol–water partition coefficient (Wildman–Crippen LogP) is 4.42. The zero-order valence-electron chi connectivity index (χ0n) is 14.2. The summed E-state index contributed by atoms with van der Waals surface area (Å²) in [6.45, 7) is 5.80. The molecule has 0 aliphatic rings. The number of nitrogens with zero attached hydrogens (tertiary/aromatic N) is 1. The Morgan fingerprint density at radius 3 is 2.38 bits per heavy atom. The molecule has 0 heterocycles. The summed E-state index contributed by atoms with van der Waals surface area (Å²) in [4.78, 5) is 23.5. The molecule has 0 fully saturated rings. The molecule has 0 unspecified atom stereocenters. The number of carbonyl (C=O) groups excluding carboxylic acids is 1. The van der Waals surface area contributed by atoms with Crippen LogP contribution in [-0.2, 0) is 0 Å². The average Bonchev–Trinajstić information content (AvgIpc) is 2.54. The molecule has 0 saturated carbocycles. The van der Waals surface area contributed by atoms with E-state index in [0.29, 0.717) is 11.5 Å². The summed E-state index contributed by atoms with van der Waals surface area (Å²) in [7, 11) is 0. The molecule has 0 bridgehead atoms. The van der Waals surface area contributed by atoms with Gasteiger partial charge in [-0.3, -0.25) is 14.9 Å². The van der Waals surface area contributed by atoms with Crippen molar-refractivity contribution in [1.29, 1.82) is 0 Å². The first-order chi connectivity index (χ1) is 11.4. The van der Waals surface area contributed by atoms with E-state index in [1.807, 2.05) is 30.3 Å². The zero-order chi connectivity index (χ0) is 17.7. The SMILES string of the molecule is Cc1cccc(C(=O)N[C@@H](CC(C)C)c2ccccc2)c1[N+](=O)[O-]. The van der Waals surface area contributed by atoms with E-state index in [1.165, 1.54) is 6.07 Å². The van der Waals surface area contributed by atoms with E-state index in [0.717, 1.165) is 12.0 Å². The van der Waals surface area contributed by atoms with Crippen molar-refractivity contribution in [3.05, 3.63) is 75.3 Å². The first-order valence-electron chi connectivity index (χ1n) is 8.00. The van der Waals surface area contributed by atoms with Crippen molar-refractivity contribution in [2.45, 2.75) is 33.2 Å². The summed E-state index contributed by atoms with van der Waals surface area (Å²) in [6.07, 6.45) is 0.759. The van der Waals surface area contributed by atoms with E-state index >= 15 is 0 Å². The largest absolute Gasteiger partial charge is 0.345 e. The van der Waals surface area contributed by atoms with Gasteiger partial charge in [-0.15, -0.1) is 0 Å². The molecule has 126 valence electrons. The number of benzene rings is 2. The number of amides is 1. The Hall–Kier alpha value is -2.69. The molecular weight excluding hydrogens is 304 g/mol. The summed E-state index contributed by atoms with van der Waals surface area (Å²) in [5, 5.41) is 14.3. The van der Waals surface area contributed by atoms with E-state index in [1.54, 1.807) is 19.1 Å². The van der Waals surface area contributed by atoms with Crippen molar-refractivity contribution in [2.24, 2.45) is 5.92 Å². The van der Waals surface area contributed by atoms with Crippen molar-refractivity contribution in [3.8, 4) is 0 Å². The van der Waals surface area contributed by atoms with E-state index < -0.39 is 10.8 Å². The van der Waals surface area contributed by atoms with Crippen LogP contribution in [0, 0.1) is 23.0 Å². The van der Waals surface area contributed by atoms with E-state index in [9.17, 15) is 14.9 Å². The maximum Gasteiger partial charge on any atom is 0.285 e. The van der Waals surface area contributed by atoms with Crippen LogP contribution in [0.3, 0.4) is 0 Å². The van der Waals surface area contributed by atoms with Crippen LogP contribution < -0.4 is 5.32 Å². The lowest BCUT2D eigenvalue weighted by atomic mass is 9.96. The minimum atomic E-state index is -0.496. The lowest BCUT2D eigenvalue weighted by Gasteiger charge is -2.21. The van der Waals surface area contributed by atoms with Gasteiger partial charge in [-0.2, -0.15) is 0 Å². The first kappa shape index (κ1) is 17.7. The molecule has 1 N–H and O–H groups in total. The minimum Gasteiger partial charge on any atom is -0.345 e. The van der Waals surface area contributed by atoms with Gasteiger partial charge >= 0.3 is 0 Å². The highest BCUT2D eigenvalue weighted by Crippen LogP contribution is 2.26. The highest BCUT2D eigenvalue weighted by atomic mass is 16.6. The van der Waals surface area contributed by atoms with Crippen LogP contribution in [-0.4, -0.2) is 10.8 Å². The molecular formula is C19H22N2O3. The fraction of sp³-hybridized carbons (Fsp3) is 0.316. The van der Waals surface area contributed by atoms with Gasteiger partial charge in [-0.05, 0) is 30.9 Å². The highest BCUT2D eigenvalue weighted by Gasteiger charge is 2.25. The second kappa shape index (κ2) is 7.73. The summed E-state index contributed by atoms with van der Waals surface area (Å²) in [5.41, 5.74) is 1.44. The Labute approximate surface area is 141 Å². The fourth-order valence-corrected chi connectivity index (χ4v) is 2.76. The molecule has 2 rings (SSSR count). The van der Waals surface area contributed by atoms with Crippen molar-refractivity contribution in [2.75, 3.05) is 0 Å². The first-order valence-corrected chi connectivity index (χ1v) is 8.00. The number of nitro groups is 1. The number of nitro benzene ring substituents is 1. The number of aryl methyl sites for hydroxylation is 1. The molecule has 0 aliphatic heterocycles. The van der Waals surface area contributed by atoms with Crippen LogP contribution in [0.2, 0.25) is 0 Å². The summed E-state index contributed by atoms with van der Waals surface area (Å²) in [6, 6.07) is 14.3. The van der Waals surface area contributed by atoms with E-state index in [-0.39, 0.29) is 17.3 Å². The summed E-state index contributed by atoms with van der Waals surface area (Å²) < 4.78 is 0. The van der Waals surface area contributed by atoms with Crippen LogP contribution in [0.1, 0.15) is 47.8 Å². The predicted molar refractivity (Wildman–Crippen MR) is 93.9 cm³/mol. The van der Waals surface area contributed by atoms with Gasteiger partial charge in [0.15, 0.2) is 0 Å². The highest BCUT2D eigenvalue weighted by molar-refractivity contribution is 5.98. The van der Waals surface area contributed by atoms with Gasteiger partial charge in [0.2, 0.25) is 0 Å². The zero-order valence-corrected chi connectivity index (χ0v) is 14.2. The fourth-order valence-electron chi connectivity index (χ4n) is 2.76. The van der Waals surface area contributed by atoms with Gasteiger partial charge in [0, 0.05) is 5.56 Å². The Kier molecular flexibility index (Phi) is 5.68. The number of rotatable bonds is 6. The van der Waals surface area contributed by atoms with Crippen LogP contribution in [0.5, 0.6) is 0 Å². The molecule has 0 radical (unpaired) electrons. The van der Waals surface area contributed by atoms with Gasteiger partial charge < -0.3 is 5.32 Å². The molecule has 2 aromatic rings. The second-order valence-electron chi connectivity index (χ2n) is 6.29. The summed E-state index contributed by atoms with van der Waals surface area (Å²) in [5.74, 6) is -0.0390. The normalized spacial score (nSPS) is 12.0. The van der Waals surface area contributed by atoms with Crippen LogP contribution >= 0.6 is 0 Å². The van der Waals surface area contributed by atoms with Crippen molar-refractivity contribution in [1.82, 2.24) is 5.32 Å².